The second-order valence-corrected chi connectivity index (χ2v) is 4.73. The number of fused-ring (bicyclic) bond motifs is 1. The zero-order chi connectivity index (χ0) is 13.9. The summed E-state index contributed by atoms with van der Waals surface area (Å²) in [6.07, 6.45) is 5.55. The quantitative estimate of drug-likeness (QED) is 0.770. The standard InChI is InChI=1S/C14H14ClN5/c1-2-16-12-9-20-7-6-17-14(20)13(19-12)18-11-5-3-4-10(15)8-11/h3-9,16H,2H2,1H3,(H,18,19). The van der Waals surface area contributed by atoms with Crippen LogP contribution in [0, 0.1) is 0 Å². The molecule has 1 aromatic carbocycles. The summed E-state index contributed by atoms with van der Waals surface area (Å²) in [5, 5.41) is 7.13. The van der Waals surface area contributed by atoms with Crippen molar-refractivity contribution in [3.8, 4) is 0 Å². The minimum Gasteiger partial charge on any atom is -0.369 e. The van der Waals surface area contributed by atoms with E-state index >= 15 is 0 Å². The first kappa shape index (κ1) is 12.7. The highest BCUT2D eigenvalue weighted by molar-refractivity contribution is 6.30. The molecule has 3 aromatic rings. The van der Waals surface area contributed by atoms with Crippen molar-refractivity contribution in [2.24, 2.45) is 0 Å². The summed E-state index contributed by atoms with van der Waals surface area (Å²) in [6.45, 7) is 2.84. The Hall–Kier alpha value is -2.27. The van der Waals surface area contributed by atoms with Crippen LogP contribution in [0.2, 0.25) is 5.02 Å². The van der Waals surface area contributed by atoms with Crippen molar-refractivity contribution in [2.45, 2.75) is 6.92 Å². The van der Waals surface area contributed by atoms with E-state index in [1.165, 1.54) is 0 Å². The Morgan fingerprint density at radius 3 is 3.05 bits per heavy atom. The van der Waals surface area contributed by atoms with Crippen LogP contribution in [0.3, 0.4) is 0 Å². The Morgan fingerprint density at radius 1 is 1.35 bits per heavy atom. The first-order valence-electron chi connectivity index (χ1n) is 6.36. The largest absolute Gasteiger partial charge is 0.369 e. The number of hydrogen-bond donors (Lipinski definition) is 2. The van der Waals surface area contributed by atoms with Gasteiger partial charge in [-0.05, 0) is 25.1 Å². The summed E-state index contributed by atoms with van der Waals surface area (Å²) in [5.74, 6) is 1.48. The SMILES string of the molecule is CCNc1cn2ccnc2c(Nc2cccc(Cl)c2)n1. The number of hydrogen-bond acceptors (Lipinski definition) is 4. The summed E-state index contributed by atoms with van der Waals surface area (Å²) in [5.41, 5.74) is 1.65. The molecule has 20 heavy (non-hydrogen) atoms. The van der Waals surface area contributed by atoms with E-state index in [0.717, 1.165) is 23.7 Å². The maximum atomic E-state index is 6.00. The van der Waals surface area contributed by atoms with Crippen molar-refractivity contribution >= 4 is 34.6 Å². The van der Waals surface area contributed by atoms with Crippen LogP contribution < -0.4 is 10.6 Å². The van der Waals surface area contributed by atoms with Crippen molar-refractivity contribution in [2.75, 3.05) is 17.2 Å². The van der Waals surface area contributed by atoms with E-state index in [2.05, 4.69) is 20.6 Å². The van der Waals surface area contributed by atoms with Crippen LogP contribution in [0.5, 0.6) is 0 Å². The lowest BCUT2D eigenvalue weighted by molar-refractivity contribution is 1.09. The monoisotopic (exact) mass is 287 g/mol. The Bertz CT molecular complexity index is 737. The lowest BCUT2D eigenvalue weighted by Crippen LogP contribution is -2.05. The van der Waals surface area contributed by atoms with E-state index in [-0.39, 0.29) is 0 Å². The number of nitrogens with zero attached hydrogens (tertiary/aromatic N) is 3. The van der Waals surface area contributed by atoms with Gasteiger partial charge in [-0.15, -0.1) is 0 Å². The average Bonchev–Trinajstić information content (AvgIpc) is 2.87. The zero-order valence-corrected chi connectivity index (χ0v) is 11.7. The molecule has 0 saturated carbocycles. The van der Waals surface area contributed by atoms with Gasteiger partial charge in [0.1, 0.15) is 5.82 Å². The van der Waals surface area contributed by atoms with Crippen molar-refractivity contribution in [3.05, 3.63) is 47.9 Å². The van der Waals surface area contributed by atoms with E-state index in [1.807, 2.05) is 48.0 Å². The summed E-state index contributed by atoms with van der Waals surface area (Å²) in [7, 11) is 0. The van der Waals surface area contributed by atoms with Crippen LogP contribution in [0.4, 0.5) is 17.3 Å². The highest BCUT2D eigenvalue weighted by Gasteiger charge is 2.07. The van der Waals surface area contributed by atoms with Crippen LogP contribution in [0.25, 0.3) is 5.65 Å². The fourth-order valence-corrected chi connectivity index (χ4v) is 2.18. The molecule has 0 fully saturated rings. The van der Waals surface area contributed by atoms with Crippen molar-refractivity contribution in [3.63, 3.8) is 0 Å². The topological polar surface area (TPSA) is 54.2 Å². The Morgan fingerprint density at radius 2 is 2.25 bits per heavy atom. The molecule has 0 atom stereocenters. The zero-order valence-electron chi connectivity index (χ0n) is 11.0. The molecule has 0 aliphatic carbocycles. The summed E-state index contributed by atoms with van der Waals surface area (Å²) >= 11 is 6.00. The maximum Gasteiger partial charge on any atom is 0.180 e. The number of halogens is 1. The molecule has 0 saturated heterocycles. The predicted octanol–water partition coefficient (Wildman–Crippen LogP) is 3.56. The molecule has 102 valence electrons. The van der Waals surface area contributed by atoms with Crippen LogP contribution in [-0.2, 0) is 0 Å². The first-order chi connectivity index (χ1) is 9.76. The van der Waals surface area contributed by atoms with Crippen molar-refractivity contribution in [1.29, 1.82) is 0 Å². The fraction of sp³-hybridized carbons (Fsp3) is 0.143. The minimum atomic E-state index is 0.678. The number of imidazole rings is 1. The molecule has 0 amide bonds. The highest BCUT2D eigenvalue weighted by Crippen LogP contribution is 2.23. The van der Waals surface area contributed by atoms with E-state index < -0.39 is 0 Å². The normalized spacial score (nSPS) is 10.7. The Balaban J connectivity index is 2.02. The third-order valence-electron chi connectivity index (χ3n) is 2.82. The van der Waals surface area contributed by atoms with Crippen LogP contribution >= 0.6 is 11.6 Å². The summed E-state index contributed by atoms with van der Waals surface area (Å²) in [6, 6.07) is 7.51. The lowest BCUT2D eigenvalue weighted by atomic mass is 10.3. The van der Waals surface area contributed by atoms with E-state index in [0.29, 0.717) is 10.8 Å². The number of nitrogens with one attached hydrogen (secondary N) is 2. The third kappa shape index (κ3) is 2.53. The molecule has 3 rings (SSSR count). The molecular weight excluding hydrogens is 274 g/mol. The molecule has 0 radical (unpaired) electrons. The van der Waals surface area contributed by atoms with Gasteiger partial charge in [0.15, 0.2) is 11.5 Å². The second kappa shape index (κ2) is 5.38. The number of benzene rings is 1. The molecule has 0 aliphatic rings. The molecule has 5 nitrogen and oxygen atoms in total. The molecule has 2 N–H and O–H groups in total. The van der Waals surface area contributed by atoms with Crippen LogP contribution in [0.15, 0.2) is 42.9 Å². The lowest BCUT2D eigenvalue weighted by Gasteiger charge is -2.10. The first-order valence-corrected chi connectivity index (χ1v) is 6.74. The third-order valence-corrected chi connectivity index (χ3v) is 3.05. The van der Waals surface area contributed by atoms with Gasteiger partial charge < -0.3 is 15.0 Å². The average molecular weight is 288 g/mol. The molecule has 0 unspecified atom stereocenters. The van der Waals surface area contributed by atoms with Gasteiger partial charge in [0, 0.05) is 29.6 Å². The second-order valence-electron chi connectivity index (χ2n) is 4.30. The molecule has 0 aliphatic heterocycles. The molecule has 0 bridgehead atoms. The van der Waals surface area contributed by atoms with Gasteiger partial charge in [-0.2, -0.15) is 0 Å². The van der Waals surface area contributed by atoms with Gasteiger partial charge in [0.2, 0.25) is 0 Å². The van der Waals surface area contributed by atoms with E-state index in [9.17, 15) is 0 Å². The van der Waals surface area contributed by atoms with E-state index in [4.69, 9.17) is 11.6 Å². The van der Waals surface area contributed by atoms with Gasteiger partial charge in [-0.3, -0.25) is 0 Å². The van der Waals surface area contributed by atoms with Gasteiger partial charge in [0.05, 0.1) is 6.20 Å². The number of rotatable bonds is 4. The molecule has 2 heterocycles. The predicted molar refractivity (Wildman–Crippen MR) is 81.9 cm³/mol. The number of anilines is 3. The van der Waals surface area contributed by atoms with Crippen molar-refractivity contribution in [1.82, 2.24) is 14.4 Å². The van der Waals surface area contributed by atoms with E-state index in [1.54, 1.807) is 6.20 Å². The minimum absolute atomic E-state index is 0.678. The maximum absolute atomic E-state index is 6.00. The van der Waals surface area contributed by atoms with Crippen molar-refractivity contribution < 1.29 is 0 Å². The fourth-order valence-electron chi connectivity index (χ4n) is 1.98. The molecule has 6 heteroatoms. The Labute approximate surface area is 121 Å². The molecule has 2 aromatic heterocycles. The number of aromatic nitrogens is 3. The van der Waals surface area contributed by atoms with Gasteiger partial charge in [-0.25, -0.2) is 9.97 Å². The molecule has 0 spiro atoms. The van der Waals surface area contributed by atoms with Crippen LogP contribution in [0.1, 0.15) is 6.92 Å². The van der Waals surface area contributed by atoms with Gasteiger partial charge in [0.25, 0.3) is 0 Å². The van der Waals surface area contributed by atoms with Gasteiger partial charge in [-0.1, -0.05) is 17.7 Å². The molecular formula is C14H14ClN5. The van der Waals surface area contributed by atoms with Gasteiger partial charge >= 0.3 is 0 Å². The summed E-state index contributed by atoms with van der Waals surface area (Å²) < 4.78 is 1.93. The summed E-state index contributed by atoms with van der Waals surface area (Å²) in [4.78, 5) is 8.85. The Kier molecular flexibility index (Phi) is 3.43. The highest BCUT2D eigenvalue weighted by atomic mass is 35.5. The smallest absolute Gasteiger partial charge is 0.180 e. The van der Waals surface area contributed by atoms with Crippen LogP contribution in [-0.4, -0.2) is 20.9 Å².